The number of imidazole rings is 1. The first-order chi connectivity index (χ1) is 15.1. The summed E-state index contributed by atoms with van der Waals surface area (Å²) in [6.45, 7) is 3.57. The van der Waals surface area contributed by atoms with Crippen LogP contribution < -0.4 is 9.64 Å². The van der Waals surface area contributed by atoms with Crippen molar-refractivity contribution in [2.45, 2.75) is 6.54 Å². The van der Waals surface area contributed by atoms with Crippen LogP contribution in [-0.2, 0) is 16.1 Å². The maximum absolute atomic E-state index is 12.9. The van der Waals surface area contributed by atoms with Gasteiger partial charge in [-0.2, -0.15) is 0 Å². The molecule has 2 aliphatic heterocycles. The molecular formula is C22H22BrN5O3. The topological polar surface area (TPSA) is 70.4 Å². The van der Waals surface area contributed by atoms with Crippen LogP contribution >= 0.6 is 15.9 Å². The quantitative estimate of drug-likeness (QED) is 0.568. The number of pyridine rings is 1. The van der Waals surface area contributed by atoms with Crippen LogP contribution in [0.3, 0.4) is 0 Å². The lowest BCUT2D eigenvalue weighted by molar-refractivity contribution is -0.133. The van der Waals surface area contributed by atoms with Crippen molar-refractivity contribution in [3.63, 3.8) is 0 Å². The summed E-state index contributed by atoms with van der Waals surface area (Å²) in [5.41, 5.74) is 2.60. The zero-order valence-electron chi connectivity index (χ0n) is 16.9. The smallest absolute Gasteiger partial charge is 0.265 e. The fourth-order valence-electron chi connectivity index (χ4n) is 4.03. The molecule has 3 aromatic rings. The molecule has 0 unspecified atom stereocenters. The van der Waals surface area contributed by atoms with Crippen molar-refractivity contribution < 1.29 is 14.3 Å². The summed E-state index contributed by atoms with van der Waals surface area (Å²) in [7, 11) is 0. The molecule has 160 valence electrons. The molecule has 31 heavy (non-hydrogen) atoms. The minimum Gasteiger partial charge on any atom is -0.482 e. The van der Waals surface area contributed by atoms with E-state index in [-0.39, 0.29) is 25.0 Å². The summed E-state index contributed by atoms with van der Waals surface area (Å²) in [5, 5.41) is 0. The van der Waals surface area contributed by atoms with E-state index in [0.717, 1.165) is 35.4 Å². The lowest BCUT2D eigenvalue weighted by Crippen LogP contribution is -2.52. The van der Waals surface area contributed by atoms with Gasteiger partial charge in [0.1, 0.15) is 17.9 Å². The van der Waals surface area contributed by atoms with E-state index in [9.17, 15) is 9.59 Å². The van der Waals surface area contributed by atoms with E-state index in [0.29, 0.717) is 24.5 Å². The van der Waals surface area contributed by atoms with Gasteiger partial charge in [0.25, 0.3) is 5.91 Å². The van der Waals surface area contributed by atoms with Gasteiger partial charge < -0.3 is 14.0 Å². The van der Waals surface area contributed by atoms with Gasteiger partial charge in [-0.25, -0.2) is 4.98 Å². The SMILES string of the molecule is O=C(CN1C(=O)COc2cc(Br)ccc21)N1CCN(Cc2cn3ccccc3n2)CC1. The van der Waals surface area contributed by atoms with Gasteiger partial charge in [0, 0.05) is 49.6 Å². The van der Waals surface area contributed by atoms with Gasteiger partial charge in [-0.05, 0) is 30.3 Å². The van der Waals surface area contributed by atoms with E-state index >= 15 is 0 Å². The minimum absolute atomic E-state index is 0.0310. The number of amides is 2. The fourth-order valence-corrected chi connectivity index (χ4v) is 4.37. The van der Waals surface area contributed by atoms with E-state index in [1.807, 2.05) is 52.0 Å². The number of fused-ring (bicyclic) bond motifs is 2. The third-order valence-corrected chi connectivity index (χ3v) is 6.18. The first-order valence-corrected chi connectivity index (χ1v) is 11.0. The average molecular weight is 484 g/mol. The van der Waals surface area contributed by atoms with Gasteiger partial charge in [0.15, 0.2) is 6.61 Å². The predicted molar refractivity (Wildman–Crippen MR) is 119 cm³/mol. The van der Waals surface area contributed by atoms with Crippen LogP contribution in [0.1, 0.15) is 5.69 Å². The first-order valence-electron chi connectivity index (χ1n) is 10.2. The second-order valence-corrected chi connectivity index (χ2v) is 8.65. The third kappa shape index (κ3) is 4.15. The number of nitrogens with zero attached hydrogens (tertiary/aromatic N) is 5. The highest BCUT2D eigenvalue weighted by molar-refractivity contribution is 9.10. The molecule has 2 aromatic heterocycles. The monoisotopic (exact) mass is 483 g/mol. The Morgan fingerprint density at radius 2 is 1.97 bits per heavy atom. The van der Waals surface area contributed by atoms with Gasteiger partial charge in [-0.1, -0.05) is 22.0 Å². The van der Waals surface area contributed by atoms with Gasteiger partial charge in [0.2, 0.25) is 5.91 Å². The molecule has 4 heterocycles. The van der Waals surface area contributed by atoms with Crippen molar-refractivity contribution >= 4 is 39.1 Å². The molecule has 0 atom stereocenters. The number of piperazine rings is 1. The zero-order valence-corrected chi connectivity index (χ0v) is 18.5. The Balaban J connectivity index is 1.19. The highest BCUT2D eigenvalue weighted by atomic mass is 79.9. The van der Waals surface area contributed by atoms with Crippen molar-refractivity contribution in [2.75, 3.05) is 44.2 Å². The molecule has 1 fully saturated rings. The molecule has 0 aliphatic carbocycles. The maximum Gasteiger partial charge on any atom is 0.265 e. The van der Waals surface area contributed by atoms with Crippen molar-refractivity contribution in [2.24, 2.45) is 0 Å². The summed E-state index contributed by atoms with van der Waals surface area (Å²) < 4.78 is 8.39. The number of ether oxygens (including phenoxy) is 1. The van der Waals surface area contributed by atoms with Gasteiger partial charge in [0.05, 0.1) is 11.4 Å². The molecule has 9 heteroatoms. The molecule has 0 bridgehead atoms. The van der Waals surface area contributed by atoms with Crippen LogP contribution in [-0.4, -0.2) is 70.3 Å². The normalized spacial score (nSPS) is 17.0. The summed E-state index contributed by atoms with van der Waals surface area (Å²) in [6.07, 6.45) is 4.04. The second kappa shape index (κ2) is 8.32. The minimum atomic E-state index is -0.200. The molecule has 2 amide bonds. The van der Waals surface area contributed by atoms with Crippen LogP contribution in [0, 0.1) is 0 Å². The Labute approximate surface area is 188 Å². The van der Waals surface area contributed by atoms with Gasteiger partial charge >= 0.3 is 0 Å². The lowest BCUT2D eigenvalue weighted by atomic mass is 10.2. The summed E-state index contributed by atoms with van der Waals surface area (Å²) in [5.74, 6) is 0.365. The van der Waals surface area contributed by atoms with E-state index in [1.54, 1.807) is 6.07 Å². The van der Waals surface area contributed by atoms with Crippen LogP contribution in [0.4, 0.5) is 5.69 Å². The molecule has 1 saturated heterocycles. The molecule has 2 aliphatic rings. The van der Waals surface area contributed by atoms with Crippen molar-refractivity contribution in [1.82, 2.24) is 19.2 Å². The third-order valence-electron chi connectivity index (χ3n) is 5.68. The maximum atomic E-state index is 12.9. The summed E-state index contributed by atoms with van der Waals surface area (Å²) in [6, 6.07) is 11.4. The van der Waals surface area contributed by atoms with Crippen LogP contribution in [0.25, 0.3) is 5.65 Å². The van der Waals surface area contributed by atoms with E-state index < -0.39 is 0 Å². The van der Waals surface area contributed by atoms with Crippen molar-refractivity contribution in [3.8, 4) is 5.75 Å². The molecule has 8 nitrogen and oxygen atoms in total. The van der Waals surface area contributed by atoms with Gasteiger partial charge in [-0.15, -0.1) is 0 Å². The molecular weight excluding hydrogens is 462 g/mol. The number of anilines is 1. The average Bonchev–Trinajstić information content (AvgIpc) is 3.18. The number of carbonyl (C=O) groups excluding carboxylic acids is 2. The Morgan fingerprint density at radius 3 is 2.77 bits per heavy atom. The Bertz CT molecular complexity index is 1110. The molecule has 0 saturated carbocycles. The zero-order chi connectivity index (χ0) is 21.4. The van der Waals surface area contributed by atoms with E-state index in [2.05, 4.69) is 25.8 Å². The van der Waals surface area contributed by atoms with Crippen LogP contribution in [0.15, 0.2) is 53.3 Å². The Kier molecular flexibility index (Phi) is 5.37. The number of halogens is 1. The number of hydrogen-bond donors (Lipinski definition) is 0. The molecule has 5 rings (SSSR count). The van der Waals surface area contributed by atoms with Gasteiger partial charge in [-0.3, -0.25) is 19.4 Å². The van der Waals surface area contributed by atoms with Crippen LogP contribution in [0.5, 0.6) is 5.75 Å². The predicted octanol–water partition coefficient (Wildman–Crippen LogP) is 2.17. The van der Waals surface area contributed by atoms with E-state index in [4.69, 9.17) is 4.74 Å². The number of benzene rings is 1. The van der Waals surface area contributed by atoms with E-state index in [1.165, 1.54) is 4.90 Å². The molecule has 0 radical (unpaired) electrons. The largest absolute Gasteiger partial charge is 0.482 e. The number of aromatic nitrogens is 2. The second-order valence-electron chi connectivity index (χ2n) is 7.74. The summed E-state index contributed by atoms with van der Waals surface area (Å²) >= 11 is 3.41. The standard InChI is InChI=1S/C22H22BrN5O3/c23-16-4-5-18-19(11-16)31-15-22(30)28(18)14-21(29)26-9-7-25(8-10-26)12-17-13-27-6-2-1-3-20(27)24-17/h1-6,11,13H,7-10,12,14-15H2. The molecule has 1 aromatic carbocycles. The van der Waals surface area contributed by atoms with Crippen molar-refractivity contribution in [1.29, 1.82) is 0 Å². The highest BCUT2D eigenvalue weighted by Crippen LogP contribution is 2.34. The Morgan fingerprint density at radius 1 is 1.13 bits per heavy atom. The van der Waals surface area contributed by atoms with Crippen molar-refractivity contribution in [3.05, 3.63) is 59.0 Å². The lowest BCUT2D eigenvalue weighted by Gasteiger charge is -2.36. The number of carbonyl (C=O) groups is 2. The van der Waals surface area contributed by atoms with Crippen LogP contribution in [0.2, 0.25) is 0 Å². The number of rotatable bonds is 4. The number of hydrogen-bond acceptors (Lipinski definition) is 5. The highest BCUT2D eigenvalue weighted by Gasteiger charge is 2.30. The first kappa shape index (κ1) is 20.0. The molecule has 0 spiro atoms. The summed E-state index contributed by atoms with van der Waals surface area (Å²) in [4.78, 5) is 35.6. The Hall–Kier alpha value is -2.91. The fraction of sp³-hybridized carbons (Fsp3) is 0.318. The molecule has 0 N–H and O–H groups in total.